The van der Waals surface area contributed by atoms with Gasteiger partial charge in [-0.1, -0.05) is 0 Å². The van der Waals surface area contributed by atoms with Crippen molar-refractivity contribution in [2.45, 2.75) is 20.8 Å². The summed E-state index contributed by atoms with van der Waals surface area (Å²) in [5.41, 5.74) is 5.00. The van der Waals surface area contributed by atoms with Crippen molar-refractivity contribution in [3.63, 3.8) is 0 Å². The maximum atomic E-state index is 4.39. The van der Waals surface area contributed by atoms with Gasteiger partial charge in [-0.05, 0) is 44.0 Å². The van der Waals surface area contributed by atoms with E-state index in [-0.39, 0.29) is 0 Å². The van der Waals surface area contributed by atoms with Crippen molar-refractivity contribution in [2.75, 3.05) is 0 Å². The minimum atomic E-state index is 1.11. The Balaban J connectivity index is 2.91. The zero-order valence-corrected chi connectivity index (χ0v) is 8.55. The molecule has 0 amide bonds. The average Bonchev–Trinajstić information content (AvgIpc) is 2.31. The molecule has 2 heteroatoms. The first-order chi connectivity index (χ1) is 6.09. The molecule has 0 saturated carbocycles. The highest BCUT2D eigenvalue weighted by Gasteiger charge is 2.05. The molecular formula is C11H14N2. The Bertz CT molecular complexity index is 424. The van der Waals surface area contributed by atoms with E-state index in [4.69, 9.17) is 0 Å². The second-order valence-electron chi connectivity index (χ2n) is 3.66. The van der Waals surface area contributed by atoms with E-state index in [1.165, 1.54) is 22.0 Å². The van der Waals surface area contributed by atoms with Gasteiger partial charge in [-0.15, -0.1) is 0 Å². The van der Waals surface area contributed by atoms with Crippen molar-refractivity contribution in [2.24, 2.45) is 7.05 Å². The molecule has 2 aromatic rings. The normalized spacial score (nSPS) is 11.1. The largest absolute Gasteiger partial charge is 0.268 e. The monoisotopic (exact) mass is 174 g/mol. The Morgan fingerprint density at radius 2 is 1.69 bits per heavy atom. The number of rotatable bonds is 0. The van der Waals surface area contributed by atoms with Gasteiger partial charge in [-0.2, -0.15) is 5.10 Å². The van der Waals surface area contributed by atoms with Crippen molar-refractivity contribution in [1.82, 2.24) is 9.78 Å². The molecular weight excluding hydrogens is 160 g/mol. The highest BCUT2D eigenvalue weighted by atomic mass is 15.3. The zero-order chi connectivity index (χ0) is 9.59. The molecule has 0 saturated heterocycles. The van der Waals surface area contributed by atoms with Crippen molar-refractivity contribution in [3.8, 4) is 0 Å². The summed E-state index contributed by atoms with van der Waals surface area (Å²) in [5, 5.41) is 5.66. The van der Waals surface area contributed by atoms with Gasteiger partial charge in [0.1, 0.15) is 0 Å². The molecule has 0 atom stereocenters. The zero-order valence-electron chi connectivity index (χ0n) is 8.55. The van der Waals surface area contributed by atoms with Gasteiger partial charge in [0.15, 0.2) is 0 Å². The van der Waals surface area contributed by atoms with E-state index in [0.29, 0.717) is 0 Å². The fraction of sp³-hybridized carbons (Fsp3) is 0.364. The van der Waals surface area contributed by atoms with Gasteiger partial charge in [0, 0.05) is 12.4 Å². The minimum Gasteiger partial charge on any atom is -0.268 e. The molecule has 0 fully saturated rings. The second kappa shape index (κ2) is 2.59. The van der Waals surface area contributed by atoms with Crippen LogP contribution in [0.3, 0.4) is 0 Å². The van der Waals surface area contributed by atoms with E-state index in [1.807, 2.05) is 11.7 Å². The van der Waals surface area contributed by atoms with Crippen molar-refractivity contribution in [3.05, 3.63) is 29.0 Å². The highest BCUT2D eigenvalue weighted by molar-refractivity contribution is 5.83. The fourth-order valence-corrected chi connectivity index (χ4v) is 1.69. The first-order valence-electron chi connectivity index (χ1n) is 4.50. The molecule has 0 radical (unpaired) electrons. The van der Waals surface area contributed by atoms with Crippen LogP contribution in [0.25, 0.3) is 10.9 Å². The lowest BCUT2D eigenvalue weighted by atomic mass is 10.1. The molecule has 0 aliphatic carbocycles. The Morgan fingerprint density at radius 3 is 2.38 bits per heavy atom. The summed E-state index contributed by atoms with van der Waals surface area (Å²) in [6.45, 7) is 6.33. The van der Waals surface area contributed by atoms with Gasteiger partial charge in [0.25, 0.3) is 0 Å². The van der Waals surface area contributed by atoms with Gasteiger partial charge < -0.3 is 0 Å². The highest BCUT2D eigenvalue weighted by Crippen LogP contribution is 2.21. The smallest absolute Gasteiger partial charge is 0.0684 e. The molecule has 0 aliphatic rings. The summed E-state index contributed by atoms with van der Waals surface area (Å²) in [5.74, 6) is 0. The van der Waals surface area contributed by atoms with Crippen LogP contribution in [0.2, 0.25) is 0 Å². The van der Waals surface area contributed by atoms with Crippen LogP contribution in [0.4, 0.5) is 0 Å². The van der Waals surface area contributed by atoms with E-state index < -0.39 is 0 Å². The predicted octanol–water partition coefficient (Wildman–Crippen LogP) is 2.50. The number of fused-ring (bicyclic) bond motifs is 1. The third-order valence-corrected chi connectivity index (χ3v) is 2.65. The summed E-state index contributed by atoms with van der Waals surface area (Å²) in [4.78, 5) is 0. The van der Waals surface area contributed by atoms with Crippen molar-refractivity contribution < 1.29 is 0 Å². The van der Waals surface area contributed by atoms with Gasteiger partial charge in [-0.3, -0.25) is 4.68 Å². The van der Waals surface area contributed by atoms with E-state index in [0.717, 1.165) is 5.69 Å². The van der Waals surface area contributed by atoms with Crippen molar-refractivity contribution in [1.29, 1.82) is 0 Å². The van der Waals surface area contributed by atoms with Crippen LogP contribution in [0.5, 0.6) is 0 Å². The van der Waals surface area contributed by atoms with E-state index in [1.54, 1.807) is 0 Å². The molecule has 13 heavy (non-hydrogen) atoms. The molecule has 2 nitrogen and oxygen atoms in total. The summed E-state index contributed by atoms with van der Waals surface area (Å²) in [7, 11) is 1.99. The number of aryl methyl sites for hydroxylation is 4. The van der Waals surface area contributed by atoms with Crippen LogP contribution in [0.15, 0.2) is 12.1 Å². The summed E-state index contributed by atoms with van der Waals surface area (Å²) < 4.78 is 1.94. The quantitative estimate of drug-likeness (QED) is 0.600. The van der Waals surface area contributed by atoms with Crippen LogP contribution >= 0.6 is 0 Å². The maximum absolute atomic E-state index is 4.39. The lowest BCUT2D eigenvalue weighted by molar-refractivity contribution is 0.783. The Hall–Kier alpha value is -1.31. The third-order valence-electron chi connectivity index (χ3n) is 2.65. The topological polar surface area (TPSA) is 17.8 Å². The third kappa shape index (κ3) is 1.13. The molecule has 0 unspecified atom stereocenters. The minimum absolute atomic E-state index is 1.11. The van der Waals surface area contributed by atoms with Crippen LogP contribution in [-0.4, -0.2) is 9.78 Å². The predicted molar refractivity (Wildman–Crippen MR) is 54.9 cm³/mol. The molecule has 0 aliphatic heterocycles. The molecule has 2 rings (SSSR count). The summed E-state index contributed by atoms with van der Waals surface area (Å²) in [6, 6.07) is 4.41. The van der Waals surface area contributed by atoms with E-state index in [9.17, 15) is 0 Å². The lowest BCUT2D eigenvalue weighted by Crippen LogP contribution is -1.90. The molecule has 0 N–H and O–H groups in total. The Morgan fingerprint density at radius 1 is 1.08 bits per heavy atom. The first kappa shape index (κ1) is 8.30. The molecule has 0 bridgehead atoms. The Labute approximate surface area is 78.2 Å². The second-order valence-corrected chi connectivity index (χ2v) is 3.66. The maximum Gasteiger partial charge on any atom is 0.0684 e. The van der Waals surface area contributed by atoms with Gasteiger partial charge in [0.2, 0.25) is 0 Å². The molecule has 68 valence electrons. The molecule has 1 aromatic carbocycles. The lowest BCUT2D eigenvalue weighted by Gasteiger charge is -2.00. The molecule has 1 aromatic heterocycles. The number of hydrogen-bond acceptors (Lipinski definition) is 1. The van der Waals surface area contributed by atoms with Crippen molar-refractivity contribution >= 4 is 10.9 Å². The Kier molecular flexibility index (Phi) is 1.65. The number of hydrogen-bond donors (Lipinski definition) is 0. The number of aromatic nitrogens is 2. The van der Waals surface area contributed by atoms with Gasteiger partial charge >= 0.3 is 0 Å². The summed E-state index contributed by atoms with van der Waals surface area (Å²) in [6.07, 6.45) is 0. The molecule has 0 spiro atoms. The first-order valence-corrected chi connectivity index (χ1v) is 4.50. The number of nitrogens with zero attached hydrogens (tertiary/aromatic N) is 2. The average molecular weight is 174 g/mol. The van der Waals surface area contributed by atoms with Crippen LogP contribution in [0.1, 0.15) is 16.8 Å². The SMILES string of the molecule is Cc1cc2c(C)nn(C)c2cc1C. The van der Waals surface area contributed by atoms with Gasteiger partial charge in [-0.25, -0.2) is 0 Å². The van der Waals surface area contributed by atoms with E-state index in [2.05, 4.69) is 38.0 Å². The van der Waals surface area contributed by atoms with Gasteiger partial charge in [0.05, 0.1) is 11.2 Å². The van der Waals surface area contributed by atoms with Crippen LogP contribution in [-0.2, 0) is 7.05 Å². The standard InChI is InChI=1S/C11H14N2/c1-7-5-10-9(3)12-13(4)11(10)6-8(7)2/h5-6H,1-4H3. The number of benzene rings is 1. The van der Waals surface area contributed by atoms with Crippen LogP contribution in [0, 0.1) is 20.8 Å². The van der Waals surface area contributed by atoms with Crippen LogP contribution < -0.4 is 0 Å². The van der Waals surface area contributed by atoms with E-state index >= 15 is 0 Å². The summed E-state index contributed by atoms with van der Waals surface area (Å²) >= 11 is 0. The molecule has 1 heterocycles. The fourth-order valence-electron chi connectivity index (χ4n) is 1.69.